The van der Waals surface area contributed by atoms with E-state index in [0.717, 1.165) is 5.75 Å². The zero-order valence-corrected chi connectivity index (χ0v) is 15.3. The highest BCUT2D eigenvalue weighted by atomic mass is 79.9. The second-order valence-electron chi connectivity index (χ2n) is 6.54. The van der Waals surface area contributed by atoms with Crippen molar-refractivity contribution in [2.45, 2.75) is 58.1 Å². The molecule has 0 aliphatic heterocycles. The number of hydrogen-bond donors (Lipinski definition) is 0. The van der Waals surface area contributed by atoms with E-state index in [-0.39, 0.29) is 0 Å². The molecule has 0 saturated heterocycles. The number of alkyl halides is 1. The first-order valence-corrected chi connectivity index (χ1v) is 10.1. The molecule has 2 heteroatoms. The van der Waals surface area contributed by atoms with Gasteiger partial charge in [0, 0.05) is 16.8 Å². The van der Waals surface area contributed by atoms with Gasteiger partial charge in [0.15, 0.2) is 0 Å². The Morgan fingerprint density at radius 2 is 1.60 bits per heavy atom. The lowest BCUT2D eigenvalue weighted by molar-refractivity contribution is 0.334. The molecule has 0 heterocycles. The van der Waals surface area contributed by atoms with Gasteiger partial charge >= 0.3 is 0 Å². The van der Waals surface area contributed by atoms with Gasteiger partial charge in [-0.1, -0.05) is 70.9 Å². The number of rotatable bonds is 5. The summed E-state index contributed by atoms with van der Waals surface area (Å²) < 4.78 is 0. The normalized spacial score (nSPS) is 18.8. The van der Waals surface area contributed by atoms with Crippen molar-refractivity contribution in [2.75, 3.05) is 11.1 Å². The van der Waals surface area contributed by atoms with Crippen LogP contribution in [0.25, 0.3) is 0 Å². The second-order valence-corrected chi connectivity index (χ2v) is 8.08. The highest BCUT2D eigenvalue weighted by Crippen LogP contribution is 2.40. The third-order valence-corrected chi connectivity index (χ3v) is 6.95. The number of benzene rings is 1. The fourth-order valence-corrected chi connectivity index (χ4v) is 5.68. The smallest absolute Gasteiger partial charge is 0.0184 e. The first-order valence-electron chi connectivity index (χ1n) is 7.84. The first kappa shape index (κ1) is 16.4. The zero-order valence-electron chi connectivity index (χ0n) is 12.9. The predicted octanol–water partition coefficient (Wildman–Crippen LogP) is 6.27. The maximum atomic E-state index is 3.80. The lowest BCUT2D eigenvalue weighted by atomic mass is 9.85. The summed E-state index contributed by atoms with van der Waals surface area (Å²) in [7, 11) is 0. The molecule has 0 unspecified atom stereocenters. The molecule has 0 bridgehead atoms. The van der Waals surface area contributed by atoms with Crippen LogP contribution in [0.15, 0.2) is 18.2 Å². The van der Waals surface area contributed by atoms with Crippen LogP contribution in [0.5, 0.6) is 0 Å². The Morgan fingerprint density at radius 3 is 2.15 bits per heavy atom. The van der Waals surface area contributed by atoms with Gasteiger partial charge in [-0.05, 0) is 37.7 Å². The molecule has 0 spiro atoms. The topological polar surface area (TPSA) is 0 Å². The quantitative estimate of drug-likeness (QED) is 0.443. The van der Waals surface area contributed by atoms with Crippen molar-refractivity contribution >= 4 is 27.7 Å². The van der Waals surface area contributed by atoms with Crippen LogP contribution in [0.1, 0.15) is 55.2 Å². The SMILES string of the molecule is Cc1cc(C)cc(CSCC2(CBr)CCCCCC2)c1. The summed E-state index contributed by atoms with van der Waals surface area (Å²) in [6, 6.07) is 6.95. The van der Waals surface area contributed by atoms with Crippen molar-refractivity contribution in [1.82, 2.24) is 0 Å². The van der Waals surface area contributed by atoms with Crippen LogP contribution < -0.4 is 0 Å². The van der Waals surface area contributed by atoms with E-state index in [9.17, 15) is 0 Å². The van der Waals surface area contributed by atoms with Crippen LogP contribution in [-0.2, 0) is 5.75 Å². The molecule has 0 atom stereocenters. The van der Waals surface area contributed by atoms with Crippen molar-refractivity contribution in [2.24, 2.45) is 5.41 Å². The molecule has 1 fully saturated rings. The van der Waals surface area contributed by atoms with Gasteiger partial charge in [0.2, 0.25) is 0 Å². The lowest BCUT2D eigenvalue weighted by Gasteiger charge is -2.30. The Bertz CT molecular complexity index is 399. The van der Waals surface area contributed by atoms with Gasteiger partial charge in [-0.25, -0.2) is 0 Å². The zero-order chi connectivity index (χ0) is 14.4. The second kappa shape index (κ2) is 7.89. The van der Waals surface area contributed by atoms with Crippen molar-refractivity contribution < 1.29 is 0 Å². The third-order valence-electron chi connectivity index (χ3n) is 4.41. The van der Waals surface area contributed by atoms with E-state index in [4.69, 9.17) is 0 Å². The molecule has 2 rings (SSSR count). The molecule has 0 aromatic heterocycles. The van der Waals surface area contributed by atoms with E-state index < -0.39 is 0 Å². The van der Waals surface area contributed by atoms with Crippen molar-refractivity contribution in [1.29, 1.82) is 0 Å². The van der Waals surface area contributed by atoms with E-state index in [2.05, 4.69) is 59.7 Å². The summed E-state index contributed by atoms with van der Waals surface area (Å²) in [5.41, 5.74) is 4.83. The Labute approximate surface area is 137 Å². The van der Waals surface area contributed by atoms with Crippen molar-refractivity contribution in [3.63, 3.8) is 0 Å². The van der Waals surface area contributed by atoms with Gasteiger partial charge in [0.1, 0.15) is 0 Å². The summed E-state index contributed by atoms with van der Waals surface area (Å²) in [6.45, 7) is 4.40. The van der Waals surface area contributed by atoms with Gasteiger partial charge < -0.3 is 0 Å². The van der Waals surface area contributed by atoms with Crippen LogP contribution in [0.4, 0.5) is 0 Å². The van der Waals surface area contributed by atoms with Gasteiger partial charge in [-0.2, -0.15) is 11.8 Å². The van der Waals surface area contributed by atoms with E-state index in [1.165, 1.54) is 66.3 Å². The highest BCUT2D eigenvalue weighted by Gasteiger charge is 2.29. The fraction of sp³-hybridized carbons (Fsp3) is 0.667. The summed E-state index contributed by atoms with van der Waals surface area (Å²) in [4.78, 5) is 0. The van der Waals surface area contributed by atoms with Crippen molar-refractivity contribution in [3.05, 3.63) is 34.9 Å². The van der Waals surface area contributed by atoms with E-state index in [1.807, 2.05) is 0 Å². The average Bonchev–Trinajstić information content (AvgIpc) is 2.64. The molecule has 1 aromatic rings. The minimum absolute atomic E-state index is 0.556. The molecule has 1 aliphatic carbocycles. The third kappa shape index (κ3) is 4.80. The molecule has 20 heavy (non-hydrogen) atoms. The van der Waals surface area contributed by atoms with E-state index in [0.29, 0.717) is 5.41 Å². The number of aryl methyl sites for hydroxylation is 2. The largest absolute Gasteiger partial charge is 0.157 e. The lowest BCUT2D eigenvalue weighted by Crippen LogP contribution is -2.25. The Morgan fingerprint density at radius 1 is 1.00 bits per heavy atom. The van der Waals surface area contributed by atoms with Crippen molar-refractivity contribution in [3.8, 4) is 0 Å². The fourth-order valence-electron chi connectivity index (χ4n) is 3.33. The van der Waals surface area contributed by atoms with Crippen LogP contribution >= 0.6 is 27.7 Å². The van der Waals surface area contributed by atoms with Gasteiger partial charge in [-0.15, -0.1) is 0 Å². The molecule has 112 valence electrons. The van der Waals surface area contributed by atoms with Gasteiger partial charge in [0.05, 0.1) is 0 Å². The predicted molar refractivity (Wildman–Crippen MR) is 96.0 cm³/mol. The first-order chi connectivity index (χ1) is 9.63. The molecule has 1 saturated carbocycles. The Kier molecular flexibility index (Phi) is 6.48. The van der Waals surface area contributed by atoms with Gasteiger partial charge in [0.25, 0.3) is 0 Å². The monoisotopic (exact) mass is 354 g/mol. The molecular weight excluding hydrogens is 328 g/mol. The molecule has 0 nitrogen and oxygen atoms in total. The number of hydrogen-bond acceptors (Lipinski definition) is 1. The Hall–Kier alpha value is 0.0500. The maximum absolute atomic E-state index is 3.80. The minimum Gasteiger partial charge on any atom is -0.157 e. The standard InChI is InChI=1S/C18H27BrS/c1-15-9-16(2)11-17(10-15)12-20-14-18(13-19)7-5-3-4-6-8-18/h9-11H,3-8,12-14H2,1-2H3. The molecule has 0 amide bonds. The number of halogens is 1. The molecule has 0 radical (unpaired) electrons. The van der Waals surface area contributed by atoms with Crippen LogP contribution in [0.3, 0.4) is 0 Å². The van der Waals surface area contributed by atoms with E-state index in [1.54, 1.807) is 0 Å². The summed E-state index contributed by atoms with van der Waals surface area (Å²) >= 11 is 5.93. The highest BCUT2D eigenvalue weighted by molar-refractivity contribution is 9.09. The van der Waals surface area contributed by atoms with Gasteiger partial charge in [-0.3, -0.25) is 0 Å². The number of thioether (sulfide) groups is 1. The molecule has 0 N–H and O–H groups in total. The van der Waals surface area contributed by atoms with E-state index >= 15 is 0 Å². The van der Waals surface area contributed by atoms with Crippen LogP contribution in [0.2, 0.25) is 0 Å². The average molecular weight is 355 g/mol. The maximum Gasteiger partial charge on any atom is 0.0184 e. The summed E-state index contributed by atoms with van der Waals surface area (Å²) in [5, 5.41) is 1.18. The van der Waals surface area contributed by atoms with Crippen LogP contribution in [0, 0.1) is 19.3 Å². The molecule has 1 aliphatic rings. The van der Waals surface area contributed by atoms with Crippen LogP contribution in [-0.4, -0.2) is 11.1 Å². The minimum atomic E-state index is 0.556. The summed E-state index contributed by atoms with van der Waals surface area (Å²) in [5.74, 6) is 2.47. The molecular formula is C18H27BrS. The summed E-state index contributed by atoms with van der Waals surface area (Å²) in [6.07, 6.45) is 8.56. The Balaban J connectivity index is 1.89. The molecule has 1 aromatic carbocycles.